The molecule has 0 radical (unpaired) electrons. The molecule has 0 atom stereocenters. The van der Waals surface area contributed by atoms with Crippen LogP contribution in [0, 0.1) is 0 Å². The molecule has 0 spiro atoms. The average molecular weight is 1030 g/mol. The maximum Gasteiger partial charge on any atom is 0.130 e. The van der Waals surface area contributed by atoms with Gasteiger partial charge in [-0.2, -0.15) is 0 Å². The molecule has 0 aliphatic heterocycles. The second-order valence-corrected chi connectivity index (χ2v) is 26.9. The zero-order chi connectivity index (χ0) is 53.8. The highest BCUT2D eigenvalue weighted by Gasteiger charge is 2.32. The van der Waals surface area contributed by atoms with Crippen LogP contribution in [0.1, 0.15) is 229 Å². The Bertz CT molecular complexity index is 3260. The van der Waals surface area contributed by atoms with Crippen molar-refractivity contribution < 1.29 is 5.11 Å². The third kappa shape index (κ3) is 12.2. The molecule has 0 aromatic heterocycles. The van der Waals surface area contributed by atoms with E-state index in [0.717, 1.165) is 12.8 Å². The van der Waals surface area contributed by atoms with Gasteiger partial charge in [-0.15, -0.1) is 0 Å². The smallest absolute Gasteiger partial charge is 0.130 e. The van der Waals surface area contributed by atoms with E-state index in [1.54, 1.807) is 22.3 Å². The first-order chi connectivity index (χ1) is 37.8. The van der Waals surface area contributed by atoms with Gasteiger partial charge in [0.05, 0.1) is 16.4 Å². The minimum atomic E-state index is -0.321. The van der Waals surface area contributed by atoms with E-state index in [1.165, 1.54) is 212 Å². The number of rotatable bonds is 4. The zero-order valence-electron chi connectivity index (χ0n) is 48.6. The maximum atomic E-state index is 9.37. The van der Waals surface area contributed by atoms with E-state index >= 15 is 0 Å². The van der Waals surface area contributed by atoms with Crippen molar-refractivity contribution in [2.45, 2.75) is 222 Å². The predicted octanol–water partition coefficient (Wildman–Crippen LogP) is 20.1. The van der Waals surface area contributed by atoms with Crippen molar-refractivity contribution >= 4 is 55.2 Å². The van der Waals surface area contributed by atoms with Crippen molar-refractivity contribution in [2.75, 3.05) is 0 Å². The lowest BCUT2D eigenvalue weighted by Gasteiger charge is -2.34. The summed E-state index contributed by atoms with van der Waals surface area (Å²) in [5.74, 6) is 0. The minimum absolute atomic E-state index is 0.321. The second kappa shape index (κ2) is 23.2. The first kappa shape index (κ1) is 54.4. The van der Waals surface area contributed by atoms with Gasteiger partial charge in [0.25, 0.3) is 0 Å². The van der Waals surface area contributed by atoms with Crippen LogP contribution in [0.25, 0.3) is 55.2 Å². The van der Waals surface area contributed by atoms with Gasteiger partial charge < -0.3 is 5.11 Å². The van der Waals surface area contributed by atoms with Crippen LogP contribution >= 0.6 is 0 Å². The van der Waals surface area contributed by atoms with Crippen LogP contribution in [0.3, 0.4) is 0 Å². The molecule has 6 aliphatic carbocycles. The Balaban J connectivity index is 0.000000121. The van der Waals surface area contributed by atoms with Gasteiger partial charge in [-0.25, -0.2) is 0 Å². The van der Waals surface area contributed by atoms with Gasteiger partial charge in [-0.3, -0.25) is 0 Å². The first-order valence-corrected chi connectivity index (χ1v) is 31.3. The lowest BCUT2D eigenvalue weighted by Crippen LogP contribution is -2.26. The molecule has 8 aromatic rings. The summed E-state index contributed by atoms with van der Waals surface area (Å²) in [5, 5.41) is 23.0. The lowest BCUT2D eigenvalue weighted by molar-refractivity contribution is 0.0225. The maximum absolute atomic E-state index is 9.37. The van der Waals surface area contributed by atoms with Crippen LogP contribution < -0.4 is 10.4 Å². The molecule has 1 heteroatoms. The van der Waals surface area contributed by atoms with Gasteiger partial charge in [0.15, 0.2) is 0 Å². The second-order valence-electron chi connectivity index (χ2n) is 26.9. The Morgan fingerprint density at radius 2 is 0.615 bits per heavy atom. The van der Waals surface area contributed by atoms with Gasteiger partial charge in [-0.05, 0) is 219 Å². The van der Waals surface area contributed by atoms with Crippen molar-refractivity contribution in [3.05, 3.63) is 189 Å². The summed E-state index contributed by atoms with van der Waals surface area (Å²) >= 11 is 0. The van der Waals surface area contributed by atoms with E-state index in [9.17, 15) is 5.11 Å². The molecule has 404 valence electrons. The zero-order valence-corrected chi connectivity index (χ0v) is 48.6. The van der Waals surface area contributed by atoms with Crippen LogP contribution in [-0.2, 0) is 21.7 Å². The fourth-order valence-electron chi connectivity index (χ4n) is 15.1. The highest BCUT2D eigenvalue weighted by atomic mass is 16.3. The number of fused-ring (bicyclic) bond motifs is 6. The summed E-state index contributed by atoms with van der Waals surface area (Å²) in [6, 6.07) is 55.4. The van der Waals surface area contributed by atoms with E-state index in [2.05, 4.69) is 173 Å². The average Bonchev–Trinajstić information content (AvgIpc) is 3.54. The van der Waals surface area contributed by atoms with Crippen LogP contribution in [0.4, 0.5) is 0 Å². The van der Waals surface area contributed by atoms with Gasteiger partial charge in [-0.1, -0.05) is 197 Å². The summed E-state index contributed by atoms with van der Waals surface area (Å²) in [6.45, 7) is 11.9. The number of hydrogen-bond acceptors (Lipinski definition) is 1. The summed E-state index contributed by atoms with van der Waals surface area (Å²) in [5.41, 5.74) is 9.81. The van der Waals surface area contributed by atoms with Gasteiger partial charge in [0, 0.05) is 24.3 Å². The molecule has 0 saturated heterocycles. The summed E-state index contributed by atoms with van der Waals surface area (Å²) < 4.78 is 0. The highest BCUT2D eigenvalue weighted by Crippen LogP contribution is 2.45. The van der Waals surface area contributed by atoms with Crippen molar-refractivity contribution in [1.29, 1.82) is 0 Å². The Kier molecular flexibility index (Phi) is 16.2. The predicted molar refractivity (Wildman–Crippen MR) is 337 cm³/mol. The molecule has 1 nitrogen and oxygen atoms in total. The van der Waals surface area contributed by atoms with E-state index < -0.39 is 0 Å². The van der Waals surface area contributed by atoms with E-state index in [4.69, 9.17) is 0 Å². The van der Waals surface area contributed by atoms with Gasteiger partial charge in [0.1, 0.15) is 10.8 Å². The standard InChI is InChI=1S/2C28H34.C14H9.C7H14O/c1-27(13-5-3-6-14-27)25-11-9-21-18-24-20-26(28(2)15-7-4-8-16-28)12-10-22(24)17-23(21)19-25;1-27(13-5-3-6-14-27)25-11-9-21-17-22-10-12-26(20-24(22)18-23(21)19-25)28(2)15-7-4-8-16-28;1-2-6-12-10-14-8-4-3-7-13(14)9-11(12)5-1;1-7(8)5-3-2-4-6-7/h2*9-12,17-20H,3-8,13-16H2,1-2H3;1-9H;8H,2-6H2,1H3/q;;+1;. The molecule has 0 amide bonds. The van der Waals surface area contributed by atoms with E-state index in [0.29, 0.717) is 21.7 Å². The quantitative estimate of drug-likeness (QED) is 0.138. The summed E-state index contributed by atoms with van der Waals surface area (Å²) in [6.07, 6.45) is 38.8. The van der Waals surface area contributed by atoms with Crippen molar-refractivity contribution in [3.63, 3.8) is 0 Å². The first-order valence-electron chi connectivity index (χ1n) is 31.3. The van der Waals surface area contributed by atoms with Crippen molar-refractivity contribution in [2.24, 2.45) is 0 Å². The SMILES string of the molecule is CC1(O)CCCCC1.CC1(c2ccc3cc4cc(C5(C)CCCCC5)ccc4cc3c2)CCCCC1.CC1(c2ccc3cc4ccc(C5(C)CCCCC5)cc4cc3c2)CCCCC1.[C+]1=c2ccccc2=Cc2ccccc21. The molecule has 0 heterocycles. The van der Waals surface area contributed by atoms with Crippen molar-refractivity contribution in [1.82, 2.24) is 0 Å². The molecular weight excluding hydrogens is 941 g/mol. The number of hydrogen-bond donors (Lipinski definition) is 1. The molecular formula is C77H91O+. The Hall–Kier alpha value is -5.59. The van der Waals surface area contributed by atoms with E-state index in [1.807, 2.05) is 19.1 Å². The van der Waals surface area contributed by atoms with E-state index in [-0.39, 0.29) is 5.60 Å². The van der Waals surface area contributed by atoms with Gasteiger partial charge in [0.2, 0.25) is 0 Å². The number of aliphatic hydroxyl groups is 1. The topological polar surface area (TPSA) is 20.2 Å². The Morgan fingerprint density at radius 3 is 0.974 bits per heavy atom. The molecule has 78 heavy (non-hydrogen) atoms. The molecule has 6 aliphatic rings. The van der Waals surface area contributed by atoms with Crippen LogP contribution in [-0.4, -0.2) is 10.7 Å². The minimum Gasteiger partial charge on any atom is -0.390 e. The van der Waals surface area contributed by atoms with Gasteiger partial charge >= 0.3 is 0 Å². The third-order valence-corrected chi connectivity index (χ3v) is 20.6. The molecule has 0 unspecified atom stereocenters. The summed E-state index contributed by atoms with van der Waals surface area (Å²) in [7, 11) is 0. The Labute approximate surface area is 469 Å². The molecule has 14 rings (SSSR count). The molecule has 5 fully saturated rings. The lowest BCUT2D eigenvalue weighted by atomic mass is 9.70. The van der Waals surface area contributed by atoms with Crippen LogP contribution in [0.15, 0.2) is 146 Å². The largest absolute Gasteiger partial charge is 0.390 e. The fourth-order valence-corrected chi connectivity index (χ4v) is 15.1. The monoisotopic (exact) mass is 1030 g/mol. The fraction of sp³-hybridized carbons (Fsp3) is 0.455. The normalized spacial score (nSPS) is 20.5. The van der Waals surface area contributed by atoms with Crippen LogP contribution in [0.5, 0.6) is 0 Å². The molecule has 1 N–H and O–H groups in total. The van der Waals surface area contributed by atoms with Crippen molar-refractivity contribution in [3.8, 4) is 0 Å². The molecule has 8 aromatic carbocycles. The third-order valence-electron chi connectivity index (χ3n) is 20.6. The number of benzene rings is 8. The molecule has 0 bridgehead atoms. The Morgan fingerprint density at radius 1 is 0.308 bits per heavy atom. The highest BCUT2D eigenvalue weighted by molar-refractivity contribution is 6.00. The summed E-state index contributed by atoms with van der Waals surface area (Å²) in [4.78, 5) is 0. The molecule has 5 saturated carbocycles. The van der Waals surface area contributed by atoms with Crippen LogP contribution in [0.2, 0.25) is 0 Å².